The molecule has 0 saturated carbocycles. The van der Waals surface area contributed by atoms with Gasteiger partial charge in [-0.2, -0.15) is 0 Å². The van der Waals surface area contributed by atoms with Crippen LogP contribution in [0.1, 0.15) is 65.5 Å². The van der Waals surface area contributed by atoms with Crippen LogP contribution in [-0.4, -0.2) is 140 Å². The highest BCUT2D eigenvalue weighted by molar-refractivity contribution is 7.82. The molecule has 0 spiro atoms. The van der Waals surface area contributed by atoms with Crippen molar-refractivity contribution >= 4 is 46.1 Å². The van der Waals surface area contributed by atoms with Crippen LogP contribution < -0.4 is 16.0 Å². The minimum atomic E-state index is -1.28. The number of rotatable bonds is 19. The fraction of sp³-hybridized carbons (Fsp3) is 0.500. The molecule has 0 aromatic heterocycles. The van der Waals surface area contributed by atoms with E-state index in [9.17, 15) is 27.6 Å². The minimum absolute atomic E-state index is 0.0624. The Morgan fingerprint density at radius 1 is 0.729 bits per heavy atom. The number of likely N-dealkylation sites (N-methyl/N-ethyl adjacent to an activating group) is 1. The van der Waals surface area contributed by atoms with E-state index in [1.807, 2.05) is 94.9 Å². The van der Waals surface area contributed by atoms with Gasteiger partial charge in [-0.15, -0.1) is 0 Å². The van der Waals surface area contributed by atoms with E-state index in [1.165, 1.54) is 0 Å². The maximum absolute atomic E-state index is 14.1. The number of hydrogen-bond acceptors (Lipinski definition) is 7. The summed E-state index contributed by atoms with van der Waals surface area (Å²) in [6.07, 6.45) is 6.55. The summed E-state index contributed by atoms with van der Waals surface area (Å²) in [4.78, 5) is 56.5. The van der Waals surface area contributed by atoms with Gasteiger partial charge in [-0.05, 0) is 73.5 Å². The Labute approximate surface area is 354 Å². The zero-order valence-corrected chi connectivity index (χ0v) is 36.8. The molecular weight excluding hydrogens is 787 g/mol. The third kappa shape index (κ3) is 12.9. The summed E-state index contributed by atoms with van der Waals surface area (Å²) in [5.74, 6) is -0.696. The smallest absolute Gasteiger partial charge is 0.251 e. The average Bonchev–Trinajstić information content (AvgIpc) is 3.80. The Balaban J connectivity index is 1.19. The van der Waals surface area contributed by atoms with Gasteiger partial charge in [0.05, 0.1) is 28.0 Å². The van der Waals surface area contributed by atoms with Gasteiger partial charge in [-0.1, -0.05) is 81.4 Å². The van der Waals surface area contributed by atoms with Gasteiger partial charge in [-0.3, -0.25) is 19.2 Å². The number of nitrogens with one attached hydrogen (secondary N) is 3. The lowest BCUT2D eigenvalue weighted by molar-refractivity contribution is -0.137. The molecule has 0 radical (unpaired) electrons. The van der Waals surface area contributed by atoms with E-state index in [2.05, 4.69) is 16.0 Å². The van der Waals surface area contributed by atoms with E-state index in [-0.39, 0.29) is 47.3 Å². The van der Waals surface area contributed by atoms with Crippen molar-refractivity contribution in [1.82, 2.24) is 34.4 Å². The molecule has 2 aliphatic heterocycles. The highest BCUT2D eigenvalue weighted by Gasteiger charge is 2.42. The highest BCUT2D eigenvalue weighted by atomic mass is 32.2. The van der Waals surface area contributed by atoms with Crippen LogP contribution in [0.4, 0.5) is 0 Å². The van der Waals surface area contributed by atoms with Crippen molar-refractivity contribution in [2.75, 3.05) is 58.8 Å². The fourth-order valence-corrected chi connectivity index (χ4v) is 9.60. The number of carbonyl (C=O) groups is 4. The molecule has 7 unspecified atom stereocenters. The predicted octanol–water partition coefficient (Wildman–Crippen LogP) is 3.03. The molecule has 2 aliphatic rings. The molecule has 2 fully saturated rings. The van der Waals surface area contributed by atoms with Gasteiger partial charge in [0.15, 0.2) is 0 Å². The van der Waals surface area contributed by atoms with Gasteiger partial charge in [-0.25, -0.2) is 17.0 Å². The van der Waals surface area contributed by atoms with Crippen LogP contribution in [-0.2, 0) is 44.4 Å². The predicted molar refractivity (Wildman–Crippen MR) is 234 cm³/mol. The lowest BCUT2D eigenvalue weighted by Crippen LogP contribution is -2.55. The summed E-state index contributed by atoms with van der Waals surface area (Å²) in [6.45, 7) is 8.65. The SMILES string of the molecule is CNC(C(=O)N1CC(NC(=O)c2ccc(C(=O)NC3CC(CN(CCc4ccccc4)S(C)=O)N(C=O)C3)cc2)CC1CN(CCc1ccccc1)S(C)=O)C(C)(C)C. The molecular formula is C44H61N7O6S2. The molecule has 15 heteroatoms. The van der Waals surface area contributed by atoms with Crippen LogP contribution in [0.25, 0.3) is 0 Å². The van der Waals surface area contributed by atoms with Crippen molar-refractivity contribution in [3.8, 4) is 0 Å². The number of carbonyl (C=O) groups excluding carboxylic acids is 4. The summed E-state index contributed by atoms with van der Waals surface area (Å²) in [5, 5.41) is 9.35. The van der Waals surface area contributed by atoms with Crippen molar-refractivity contribution in [3.63, 3.8) is 0 Å². The highest BCUT2D eigenvalue weighted by Crippen LogP contribution is 2.27. The quantitative estimate of drug-likeness (QED) is 0.157. The summed E-state index contributed by atoms with van der Waals surface area (Å²) < 4.78 is 29.3. The maximum atomic E-state index is 14.1. The summed E-state index contributed by atoms with van der Waals surface area (Å²) >= 11 is 0. The first-order valence-corrected chi connectivity index (χ1v) is 23.3. The van der Waals surface area contributed by atoms with Crippen LogP contribution in [0.3, 0.4) is 0 Å². The van der Waals surface area contributed by atoms with Gasteiger partial charge < -0.3 is 25.8 Å². The Bertz CT molecular complexity index is 1910. The average molecular weight is 848 g/mol. The first-order chi connectivity index (χ1) is 28.2. The largest absolute Gasteiger partial charge is 0.347 e. The second-order valence-electron chi connectivity index (χ2n) is 16.7. The van der Waals surface area contributed by atoms with Crippen LogP contribution in [0.2, 0.25) is 0 Å². The van der Waals surface area contributed by atoms with Gasteiger partial charge in [0.25, 0.3) is 11.8 Å². The normalized spacial score (nSPS) is 21.0. The van der Waals surface area contributed by atoms with E-state index < -0.39 is 28.0 Å². The molecule has 2 saturated heterocycles. The summed E-state index contributed by atoms with van der Waals surface area (Å²) in [6, 6.07) is 24.9. The maximum Gasteiger partial charge on any atom is 0.251 e. The molecule has 59 heavy (non-hydrogen) atoms. The molecule has 2 heterocycles. The van der Waals surface area contributed by atoms with Crippen molar-refractivity contribution < 1.29 is 27.6 Å². The Morgan fingerprint density at radius 3 is 1.59 bits per heavy atom. The van der Waals surface area contributed by atoms with E-state index in [0.29, 0.717) is 69.7 Å². The number of amides is 4. The topological polar surface area (TPSA) is 151 Å². The monoisotopic (exact) mass is 847 g/mol. The van der Waals surface area contributed by atoms with Crippen molar-refractivity contribution in [3.05, 3.63) is 107 Å². The first kappa shape index (κ1) is 45.8. The molecule has 3 aromatic carbocycles. The second-order valence-corrected chi connectivity index (χ2v) is 19.4. The lowest BCUT2D eigenvalue weighted by Gasteiger charge is -2.36. The van der Waals surface area contributed by atoms with Crippen LogP contribution >= 0.6 is 0 Å². The molecule has 0 bridgehead atoms. The van der Waals surface area contributed by atoms with Crippen LogP contribution in [0.5, 0.6) is 0 Å². The Hall–Kier alpha value is -4.28. The Morgan fingerprint density at radius 2 is 1.17 bits per heavy atom. The molecule has 7 atom stereocenters. The molecule has 13 nitrogen and oxygen atoms in total. The minimum Gasteiger partial charge on any atom is -0.347 e. The van der Waals surface area contributed by atoms with Gasteiger partial charge in [0.2, 0.25) is 12.3 Å². The molecule has 0 aliphatic carbocycles. The standard InChI is InChI=1S/C44H61N7O6S2/c1-44(2,3)40(45-4)43(55)51-28-37(26-39(51)30-50(59(6)57)24-22-33-15-11-8-12-16-33)47-42(54)35-19-17-34(18-20-35)41(53)46-36-25-38(48(27-36)31-52)29-49(58(5)56)23-21-32-13-9-7-10-14-32/h7-20,31,36-40,45H,21-30H2,1-6H3,(H,46,53)(H,47,54). The number of benzene rings is 3. The summed E-state index contributed by atoms with van der Waals surface area (Å²) in [5.41, 5.74) is 2.67. The third-order valence-corrected chi connectivity index (χ3v) is 13.4. The van der Waals surface area contributed by atoms with Crippen LogP contribution in [0.15, 0.2) is 84.9 Å². The molecule has 3 N–H and O–H groups in total. The number of nitrogens with zero attached hydrogens (tertiary/aromatic N) is 4. The van der Waals surface area contributed by atoms with Crippen molar-refractivity contribution in [2.24, 2.45) is 5.41 Å². The molecule has 5 rings (SSSR count). The molecule has 4 amide bonds. The fourth-order valence-electron chi connectivity index (χ4n) is 8.14. The summed E-state index contributed by atoms with van der Waals surface area (Å²) in [7, 11) is -0.736. The van der Waals surface area contributed by atoms with E-state index in [0.717, 1.165) is 24.0 Å². The first-order valence-electron chi connectivity index (χ1n) is 20.3. The third-order valence-electron chi connectivity index (χ3n) is 11.3. The van der Waals surface area contributed by atoms with Crippen LogP contribution in [0, 0.1) is 5.41 Å². The van der Waals surface area contributed by atoms with Crippen molar-refractivity contribution in [2.45, 2.75) is 76.7 Å². The van der Waals surface area contributed by atoms with E-state index in [4.69, 9.17) is 0 Å². The van der Waals surface area contributed by atoms with Gasteiger partial charge in [0.1, 0.15) is 0 Å². The molecule has 320 valence electrons. The number of likely N-dealkylation sites (tertiary alicyclic amines) is 2. The zero-order valence-electron chi connectivity index (χ0n) is 35.2. The van der Waals surface area contributed by atoms with Gasteiger partial charge >= 0.3 is 0 Å². The second kappa shape index (κ2) is 21.3. The zero-order chi connectivity index (χ0) is 42.7. The van der Waals surface area contributed by atoms with E-state index >= 15 is 0 Å². The van der Waals surface area contributed by atoms with E-state index in [1.54, 1.807) is 48.7 Å². The number of hydrogen-bond donors (Lipinski definition) is 3. The lowest BCUT2D eigenvalue weighted by atomic mass is 9.86. The Kier molecular flexibility index (Phi) is 16.5. The van der Waals surface area contributed by atoms with Gasteiger partial charge in [0, 0.05) is 87.1 Å². The van der Waals surface area contributed by atoms with Crippen molar-refractivity contribution in [1.29, 1.82) is 0 Å². The molecule has 3 aromatic rings.